The molecular formula is C12H13ClN4O. The maximum absolute atomic E-state index is 11.6. The van der Waals surface area contributed by atoms with Crippen LogP contribution in [0.1, 0.15) is 6.92 Å². The molecule has 0 radical (unpaired) electrons. The molecule has 5 nitrogen and oxygen atoms in total. The molecule has 0 saturated heterocycles. The van der Waals surface area contributed by atoms with Gasteiger partial charge in [0.25, 0.3) is 0 Å². The second kappa shape index (κ2) is 5.75. The second-order valence-corrected chi connectivity index (χ2v) is 4.04. The monoisotopic (exact) mass is 264 g/mol. The van der Waals surface area contributed by atoms with Gasteiger partial charge in [0.1, 0.15) is 0 Å². The first-order valence-corrected chi connectivity index (χ1v) is 6.01. The number of carbonyl (C=O) groups is 1. The highest BCUT2D eigenvalue weighted by atomic mass is 35.5. The highest BCUT2D eigenvalue weighted by Crippen LogP contribution is 2.20. The number of carbonyl (C=O) groups excluding carboxylic acids is 1. The molecule has 2 rings (SSSR count). The first-order chi connectivity index (χ1) is 8.70. The largest absolute Gasteiger partial charge is 0.309 e. The number of benzene rings is 1. The SMILES string of the molecule is CCNCC(=O)Nc1nc2ccccc2nc1Cl. The number of anilines is 1. The van der Waals surface area contributed by atoms with Gasteiger partial charge >= 0.3 is 0 Å². The van der Waals surface area contributed by atoms with Gasteiger partial charge in [-0.1, -0.05) is 30.7 Å². The van der Waals surface area contributed by atoms with Gasteiger partial charge in [-0.2, -0.15) is 0 Å². The standard InChI is InChI=1S/C12H13ClN4O/c1-2-14-7-10(18)17-12-11(13)15-8-5-3-4-6-9(8)16-12/h3-6,14H,2,7H2,1H3,(H,16,17,18). The highest BCUT2D eigenvalue weighted by molar-refractivity contribution is 6.32. The Hall–Kier alpha value is -1.72. The first-order valence-electron chi connectivity index (χ1n) is 5.63. The Labute approximate surface area is 110 Å². The number of aromatic nitrogens is 2. The summed E-state index contributed by atoms with van der Waals surface area (Å²) >= 11 is 5.97. The quantitative estimate of drug-likeness (QED) is 0.884. The molecule has 18 heavy (non-hydrogen) atoms. The Bertz CT molecular complexity index is 573. The fraction of sp³-hybridized carbons (Fsp3) is 0.250. The van der Waals surface area contributed by atoms with E-state index in [1.54, 1.807) is 0 Å². The molecule has 2 N–H and O–H groups in total. The van der Waals surface area contributed by atoms with Gasteiger partial charge in [0.15, 0.2) is 11.0 Å². The van der Waals surface area contributed by atoms with Crippen molar-refractivity contribution in [3.63, 3.8) is 0 Å². The van der Waals surface area contributed by atoms with Crippen LogP contribution in [0.3, 0.4) is 0 Å². The van der Waals surface area contributed by atoms with E-state index in [-0.39, 0.29) is 17.6 Å². The van der Waals surface area contributed by atoms with Crippen LogP contribution in [0.25, 0.3) is 11.0 Å². The average molecular weight is 265 g/mol. The Balaban J connectivity index is 2.22. The Morgan fingerprint density at radius 2 is 1.94 bits per heavy atom. The van der Waals surface area contributed by atoms with Crippen LogP contribution in [0.15, 0.2) is 24.3 Å². The molecule has 1 heterocycles. The van der Waals surface area contributed by atoms with Crippen molar-refractivity contribution in [2.45, 2.75) is 6.92 Å². The van der Waals surface area contributed by atoms with Crippen molar-refractivity contribution in [2.24, 2.45) is 0 Å². The molecule has 1 aromatic heterocycles. The summed E-state index contributed by atoms with van der Waals surface area (Å²) in [6, 6.07) is 7.35. The van der Waals surface area contributed by atoms with Crippen molar-refractivity contribution in [3.05, 3.63) is 29.4 Å². The van der Waals surface area contributed by atoms with Crippen LogP contribution < -0.4 is 10.6 Å². The number of rotatable bonds is 4. The maximum Gasteiger partial charge on any atom is 0.239 e. The Morgan fingerprint density at radius 1 is 1.28 bits per heavy atom. The normalized spacial score (nSPS) is 10.6. The van der Waals surface area contributed by atoms with Gasteiger partial charge in [-0.15, -0.1) is 0 Å². The third-order valence-corrected chi connectivity index (χ3v) is 2.58. The lowest BCUT2D eigenvalue weighted by atomic mass is 10.3. The molecule has 1 aromatic carbocycles. The van der Waals surface area contributed by atoms with Gasteiger partial charge < -0.3 is 10.6 Å². The lowest BCUT2D eigenvalue weighted by Crippen LogP contribution is -2.28. The summed E-state index contributed by atoms with van der Waals surface area (Å²) in [6.07, 6.45) is 0. The predicted octanol–water partition coefficient (Wildman–Crippen LogP) is 1.83. The Morgan fingerprint density at radius 3 is 2.61 bits per heavy atom. The molecule has 0 aliphatic carbocycles. The van der Waals surface area contributed by atoms with Gasteiger partial charge in [-0.3, -0.25) is 4.79 Å². The molecule has 94 valence electrons. The van der Waals surface area contributed by atoms with E-state index in [4.69, 9.17) is 11.6 Å². The minimum absolute atomic E-state index is 0.191. The number of nitrogens with one attached hydrogen (secondary N) is 2. The van der Waals surface area contributed by atoms with E-state index in [0.717, 1.165) is 6.54 Å². The highest BCUT2D eigenvalue weighted by Gasteiger charge is 2.09. The number of likely N-dealkylation sites (N-methyl/N-ethyl adjacent to an activating group) is 1. The summed E-state index contributed by atoms with van der Waals surface area (Å²) in [6.45, 7) is 2.88. The zero-order valence-electron chi connectivity index (χ0n) is 9.90. The van der Waals surface area contributed by atoms with Crippen LogP contribution in [0.4, 0.5) is 5.82 Å². The van der Waals surface area contributed by atoms with E-state index in [1.165, 1.54) is 0 Å². The molecule has 0 aliphatic rings. The fourth-order valence-corrected chi connectivity index (χ4v) is 1.65. The molecule has 0 saturated carbocycles. The van der Waals surface area contributed by atoms with E-state index in [1.807, 2.05) is 31.2 Å². The first kappa shape index (κ1) is 12.7. The molecule has 1 amide bonds. The van der Waals surface area contributed by atoms with Gasteiger partial charge in [0.05, 0.1) is 17.6 Å². The van der Waals surface area contributed by atoms with Gasteiger partial charge in [-0.05, 0) is 18.7 Å². The molecule has 0 fully saturated rings. The number of hydrogen-bond acceptors (Lipinski definition) is 4. The lowest BCUT2D eigenvalue weighted by Gasteiger charge is -2.07. The molecule has 0 spiro atoms. The number of amides is 1. The summed E-state index contributed by atoms with van der Waals surface area (Å²) in [5.74, 6) is 0.0987. The van der Waals surface area contributed by atoms with E-state index in [0.29, 0.717) is 16.9 Å². The number of fused-ring (bicyclic) bond motifs is 1. The number of halogens is 1. The van der Waals surface area contributed by atoms with E-state index in [9.17, 15) is 4.79 Å². The maximum atomic E-state index is 11.6. The van der Waals surface area contributed by atoms with Gasteiger partial charge in [0.2, 0.25) is 5.91 Å². The van der Waals surface area contributed by atoms with Crippen molar-refractivity contribution in [3.8, 4) is 0 Å². The number of nitrogens with zero attached hydrogens (tertiary/aromatic N) is 2. The Kier molecular flexibility index (Phi) is 4.07. The minimum Gasteiger partial charge on any atom is -0.309 e. The fourth-order valence-electron chi connectivity index (χ4n) is 1.47. The molecule has 0 bridgehead atoms. The molecule has 2 aromatic rings. The smallest absolute Gasteiger partial charge is 0.239 e. The van der Waals surface area contributed by atoms with Crippen LogP contribution in [0.5, 0.6) is 0 Å². The van der Waals surface area contributed by atoms with Crippen LogP contribution in [-0.2, 0) is 4.79 Å². The van der Waals surface area contributed by atoms with Crippen molar-refractivity contribution < 1.29 is 4.79 Å². The molecular weight excluding hydrogens is 252 g/mol. The minimum atomic E-state index is -0.191. The molecule has 0 atom stereocenters. The van der Waals surface area contributed by atoms with E-state index < -0.39 is 0 Å². The third-order valence-electron chi connectivity index (χ3n) is 2.32. The number of hydrogen-bond donors (Lipinski definition) is 2. The predicted molar refractivity (Wildman–Crippen MR) is 71.7 cm³/mol. The summed E-state index contributed by atoms with van der Waals surface area (Å²) in [5.41, 5.74) is 1.40. The van der Waals surface area contributed by atoms with Crippen LogP contribution in [0.2, 0.25) is 5.15 Å². The van der Waals surface area contributed by atoms with Crippen LogP contribution >= 0.6 is 11.6 Å². The third kappa shape index (κ3) is 2.94. The van der Waals surface area contributed by atoms with E-state index >= 15 is 0 Å². The van der Waals surface area contributed by atoms with Crippen molar-refractivity contribution in [2.75, 3.05) is 18.4 Å². The molecule has 0 unspecified atom stereocenters. The van der Waals surface area contributed by atoms with Crippen molar-refractivity contribution in [1.29, 1.82) is 0 Å². The zero-order valence-corrected chi connectivity index (χ0v) is 10.7. The second-order valence-electron chi connectivity index (χ2n) is 3.68. The van der Waals surface area contributed by atoms with Crippen LogP contribution in [-0.4, -0.2) is 29.0 Å². The molecule has 0 aliphatic heterocycles. The topological polar surface area (TPSA) is 66.9 Å². The van der Waals surface area contributed by atoms with Crippen LogP contribution in [0, 0.1) is 0 Å². The summed E-state index contributed by atoms with van der Waals surface area (Å²) in [4.78, 5) is 20.0. The number of para-hydroxylation sites is 2. The van der Waals surface area contributed by atoms with Gasteiger partial charge in [0, 0.05) is 0 Å². The summed E-state index contributed by atoms with van der Waals surface area (Å²) in [7, 11) is 0. The summed E-state index contributed by atoms with van der Waals surface area (Å²) in [5, 5.41) is 5.74. The van der Waals surface area contributed by atoms with Crippen molar-refractivity contribution in [1.82, 2.24) is 15.3 Å². The zero-order chi connectivity index (χ0) is 13.0. The average Bonchev–Trinajstić information content (AvgIpc) is 2.37. The van der Waals surface area contributed by atoms with E-state index in [2.05, 4.69) is 20.6 Å². The van der Waals surface area contributed by atoms with Gasteiger partial charge in [-0.25, -0.2) is 9.97 Å². The lowest BCUT2D eigenvalue weighted by molar-refractivity contribution is -0.115. The molecule has 6 heteroatoms. The summed E-state index contributed by atoms with van der Waals surface area (Å²) < 4.78 is 0. The van der Waals surface area contributed by atoms with Crippen molar-refractivity contribution >= 4 is 34.4 Å².